The summed E-state index contributed by atoms with van der Waals surface area (Å²) in [5.41, 5.74) is 4.84. The lowest BCUT2D eigenvalue weighted by Crippen LogP contribution is -2.40. The highest BCUT2D eigenvalue weighted by molar-refractivity contribution is 7.89. The first-order chi connectivity index (χ1) is 8.81. The maximum Gasteiger partial charge on any atom is 0.248 e. The van der Waals surface area contributed by atoms with Crippen LogP contribution in [0.1, 0.15) is 13.3 Å². The molecule has 1 unspecified atom stereocenters. The first-order valence-electron chi connectivity index (χ1n) is 5.82. The smallest absolute Gasteiger partial charge is 0.248 e. The molecule has 106 valence electrons. The van der Waals surface area contributed by atoms with Gasteiger partial charge >= 0.3 is 0 Å². The van der Waals surface area contributed by atoms with Gasteiger partial charge in [-0.05, 0) is 13.3 Å². The van der Waals surface area contributed by atoms with Crippen LogP contribution >= 0.6 is 0 Å². The van der Waals surface area contributed by atoms with Crippen LogP contribution in [0.4, 0.5) is 5.82 Å². The highest BCUT2D eigenvalue weighted by atomic mass is 32.2. The van der Waals surface area contributed by atoms with Crippen LogP contribution in [0, 0.1) is 5.41 Å². The molecule has 1 aliphatic heterocycles. The van der Waals surface area contributed by atoms with Crippen molar-refractivity contribution >= 4 is 21.7 Å². The van der Waals surface area contributed by atoms with Gasteiger partial charge in [0.25, 0.3) is 0 Å². The van der Waals surface area contributed by atoms with Gasteiger partial charge < -0.3 is 11.1 Å². The summed E-state index contributed by atoms with van der Waals surface area (Å²) in [6, 6.07) is 0. The Morgan fingerprint density at radius 3 is 2.84 bits per heavy atom. The number of hydrogen-bond donors (Lipinski definition) is 3. The van der Waals surface area contributed by atoms with E-state index in [0.29, 0.717) is 6.42 Å². The predicted molar refractivity (Wildman–Crippen MR) is 68.5 cm³/mol. The predicted octanol–water partition coefficient (Wildman–Crippen LogP) is -0.861. The summed E-state index contributed by atoms with van der Waals surface area (Å²) in [7, 11) is -2.16. The molecule has 2 rings (SSSR count). The summed E-state index contributed by atoms with van der Waals surface area (Å²) in [5.74, 6) is -0.154. The summed E-state index contributed by atoms with van der Waals surface area (Å²) in [4.78, 5) is 11.7. The van der Waals surface area contributed by atoms with Gasteiger partial charge in [-0.1, -0.05) is 0 Å². The van der Waals surface area contributed by atoms with Crippen LogP contribution in [0.15, 0.2) is 11.1 Å². The lowest BCUT2D eigenvalue weighted by Gasteiger charge is -2.22. The fourth-order valence-electron chi connectivity index (χ4n) is 2.24. The molecule has 0 aliphatic carbocycles. The summed E-state index contributed by atoms with van der Waals surface area (Å²) < 4.78 is 26.0. The summed E-state index contributed by atoms with van der Waals surface area (Å²) in [6.07, 6.45) is 1.66. The molecule has 19 heavy (non-hydrogen) atoms. The van der Waals surface area contributed by atoms with Gasteiger partial charge in [0.15, 0.2) is 0 Å². The number of nitrogens with one attached hydrogen (secondary N) is 2. The lowest BCUT2D eigenvalue weighted by atomic mass is 9.89. The number of amides is 1. The Bertz CT molecular complexity index is 596. The maximum absolute atomic E-state index is 12.4. The molecule has 1 aromatic rings. The first kappa shape index (κ1) is 13.8. The van der Waals surface area contributed by atoms with Crippen LogP contribution in [0.25, 0.3) is 0 Å². The Kier molecular flexibility index (Phi) is 3.27. The van der Waals surface area contributed by atoms with E-state index in [1.165, 1.54) is 10.5 Å². The van der Waals surface area contributed by atoms with Crippen LogP contribution in [0.5, 0.6) is 0 Å². The molecule has 0 spiro atoms. The van der Waals surface area contributed by atoms with E-state index < -0.39 is 15.4 Å². The molecule has 0 aromatic carbocycles. The molecular weight excluding hydrogens is 270 g/mol. The molecule has 0 radical (unpaired) electrons. The number of hydrogen-bond acceptors (Lipinski definition) is 5. The van der Waals surface area contributed by atoms with E-state index >= 15 is 0 Å². The fraction of sp³-hybridized carbons (Fsp3) is 0.600. The average molecular weight is 287 g/mol. The van der Waals surface area contributed by atoms with Gasteiger partial charge in [0.2, 0.25) is 15.9 Å². The third-order valence-electron chi connectivity index (χ3n) is 3.46. The number of sulfonamides is 1. The van der Waals surface area contributed by atoms with Crippen LogP contribution < -0.4 is 11.1 Å². The molecule has 1 aliphatic rings. The third-order valence-corrected chi connectivity index (χ3v) is 5.34. The fourth-order valence-corrected chi connectivity index (χ4v) is 3.81. The number of H-pyrrole nitrogens is 1. The Hall–Kier alpha value is -1.61. The summed E-state index contributed by atoms with van der Waals surface area (Å²) in [5, 5.41) is 8.57. The number of nitrogen functional groups attached to an aromatic ring is 1. The summed E-state index contributed by atoms with van der Waals surface area (Å²) >= 11 is 0. The summed E-state index contributed by atoms with van der Waals surface area (Å²) in [6.45, 7) is 2.18. The Morgan fingerprint density at radius 2 is 2.32 bits per heavy atom. The molecule has 1 saturated heterocycles. The van der Waals surface area contributed by atoms with E-state index in [9.17, 15) is 13.2 Å². The largest absolute Gasteiger partial charge is 0.383 e. The van der Waals surface area contributed by atoms with Gasteiger partial charge in [0.1, 0.15) is 10.7 Å². The molecule has 1 fully saturated rings. The van der Waals surface area contributed by atoms with Gasteiger partial charge in [-0.15, -0.1) is 0 Å². The SMILES string of the molecule is CNC(=O)C1(C)CCN(S(=O)(=O)c2cn[nH]c2N)C1. The molecule has 9 heteroatoms. The van der Waals surface area contributed by atoms with E-state index in [4.69, 9.17) is 5.73 Å². The number of carbonyl (C=O) groups is 1. The van der Waals surface area contributed by atoms with Gasteiger partial charge in [-0.2, -0.15) is 9.40 Å². The molecular formula is C10H17N5O3S. The van der Waals surface area contributed by atoms with E-state index in [0.717, 1.165) is 0 Å². The minimum absolute atomic E-state index is 0.00791. The zero-order valence-electron chi connectivity index (χ0n) is 10.8. The van der Waals surface area contributed by atoms with E-state index in [-0.39, 0.29) is 29.7 Å². The molecule has 0 saturated carbocycles. The second-order valence-corrected chi connectivity index (χ2v) is 6.78. The van der Waals surface area contributed by atoms with E-state index in [1.54, 1.807) is 14.0 Å². The van der Waals surface area contributed by atoms with Crippen LogP contribution in [0.2, 0.25) is 0 Å². The number of anilines is 1. The zero-order valence-corrected chi connectivity index (χ0v) is 11.6. The van der Waals surface area contributed by atoms with Crippen molar-refractivity contribution in [2.45, 2.75) is 18.2 Å². The van der Waals surface area contributed by atoms with Crippen molar-refractivity contribution in [1.29, 1.82) is 0 Å². The average Bonchev–Trinajstić information content (AvgIpc) is 2.96. The monoisotopic (exact) mass is 287 g/mol. The number of carbonyl (C=O) groups excluding carboxylic acids is 1. The van der Waals surface area contributed by atoms with Crippen molar-refractivity contribution in [2.24, 2.45) is 5.41 Å². The standard InChI is InChI=1S/C10H17N5O3S/c1-10(9(16)12-2)3-4-15(6-10)19(17,18)7-5-13-14-8(7)11/h5H,3-4,6H2,1-2H3,(H,12,16)(H3,11,13,14). The second kappa shape index (κ2) is 4.49. The van der Waals surface area contributed by atoms with Crippen molar-refractivity contribution in [3.05, 3.63) is 6.20 Å². The highest BCUT2D eigenvalue weighted by Crippen LogP contribution is 2.34. The molecule has 2 heterocycles. The first-order valence-corrected chi connectivity index (χ1v) is 7.26. The maximum atomic E-state index is 12.4. The molecule has 4 N–H and O–H groups in total. The van der Waals surface area contributed by atoms with Gasteiger partial charge in [-0.3, -0.25) is 9.89 Å². The van der Waals surface area contributed by atoms with Crippen LogP contribution in [0.3, 0.4) is 0 Å². The van der Waals surface area contributed by atoms with Gasteiger partial charge in [0.05, 0.1) is 11.6 Å². The van der Waals surface area contributed by atoms with Crippen molar-refractivity contribution in [3.8, 4) is 0 Å². The molecule has 1 atom stereocenters. The normalized spacial score (nSPS) is 24.5. The minimum Gasteiger partial charge on any atom is -0.383 e. The van der Waals surface area contributed by atoms with Crippen molar-refractivity contribution in [1.82, 2.24) is 19.8 Å². The Labute approximate surface area is 111 Å². The molecule has 1 amide bonds. The van der Waals surface area contributed by atoms with Gasteiger partial charge in [-0.25, -0.2) is 8.42 Å². The zero-order chi connectivity index (χ0) is 14.3. The number of nitrogens with two attached hydrogens (primary N) is 1. The molecule has 1 aromatic heterocycles. The third kappa shape index (κ3) is 2.19. The number of aromatic nitrogens is 2. The van der Waals surface area contributed by atoms with Crippen LogP contribution in [-0.4, -0.2) is 49.0 Å². The Balaban J connectivity index is 2.27. The minimum atomic E-state index is -3.70. The van der Waals surface area contributed by atoms with Crippen molar-refractivity contribution in [3.63, 3.8) is 0 Å². The van der Waals surface area contributed by atoms with Gasteiger partial charge in [0, 0.05) is 20.1 Å². The van der Waals surface area contributed by atoms with E-state index in [2.05, 4.69) is 15.5 Å². The van der Waals surface area contributed by atoms with Crippen molar-refractivity contribution in [2.75, 3.05) is 25.9 Å². The molecule has 8 nitrogen and oxygen atoms in total. The quantitative estimate of drug-likeness (QED) is 0.668. The Morgan fingerprint density at radius 1 is 1.63 bits per heavy atom. The lowest BCUT2D eigenvalue weighted by molar-refractivity contribution is -0.128. The molecule has 0 bridgehead atoms. The van der Waals surface area contributed by atoms with Crippen LogP contribution in [-0.2, 0) is 14.8 Å². The second-order valence-electron chi connectivity index (χ2n) is 4.88. The number of nitrogens with zero attached hydrogens (tertiary/aromatic N) is 2. The van der Waals surface area contributed by atoms with E-state index in [1.807, 2.05) is 0 Å². The highest BCUT2D eigenvalue weighted by Gasteiger charge is 2.44. The number of rotatable bonds is 3. The van der Waals surface area contributed by atoms with Crippen molar-refractivity contribution < 1.29 is 13.2 Å². The topological polar surface area (TPSA) is 121 Å². The number of aromatic amines is 1.